The average Bonchev–Trinajstić information content (AvgIpc) is 2.44. The van der Waals surface area contributed by atoms with Gasteiger partial charge >= 0.3 is 0 Å². The van der Waals surface area contributed by atoms with Crippen LogP contribution >= 0.6 is 23.7 Å². The second-order valence-electron chi connectivity index (χ2n) is 3.48. The zero-order valence-electron chi connectivity index (χ0n) is 7.75. The second-order valence-corrected chi connectivity index (χ2v) is 4.39. The molecule has 0 bridgehead atoms. The fourth-order valence-corrected chi connectivity index (χ4v) is 3.02. The Hall–Kier alpha value is -0.570. The fourth-order valence-electron chi connectivity index (χ4n) is 2.02. The van der Waals surface area contributed by atoms with Gasteiger partial charge in [-0.25, -0.2) is 0 Å². The van der Waals surface area contributed by atoms with Crippen LogP contribution in [0.1, 0.15) is 11.1 Å². The molecule has 3 heteroatoms. The summed E-state index contributed by atoms with van der Waals surface area (Å²) >= 11 is 1.86. The maximum Gasteiger partial charge on any atom is 0.0348 e. The molecular weight excluding hydrogens is 214 g/mol. The predicted octanol–water partition coefficient (Wildman–Crippen LogP) is 2.97. The molecule has 74 valence electrons. The van der Waals surface area contributed by atoms with Crippen molar-refractivity contribution in [3.05, 3.63) is 34.7 Å². The quantitative estimate of drug-likeness (QED) is 0.727. The summed E-state index contributed by atoms with van der Waals surface area (Å²) in [6, 6.07) is 6.65. The molecule has 0 amide bonds. The van der Waals surface area contributed by atoms with E-state index >= 15 is 0 Å². The summed E-state index contributed by atoms with van der Waals surface area (Å²) in [6.45, 7) is 2.15. The number of thiophene rings is 1. The monoisotopic (exact) mass is 225 g/mol. The van der Waals surface area contributed by atoms with Gasteiger partial charge in [-0.15, -0.1) is 23.7 Å². The van der Waals surface area contributed by atoms with E-state index in [0.29, 0.717) is 0 Å². The third kappa shape index (κ3) is 1.44. The highest BCUT2D eigenvalue weighted by molar-refractivity contribution is 7.17. The molecule has 0 radical (unpaired) electrons. The van der Waals surface area contributed by atoms with Crippen molar-refractivity contribution in [3.8, 4) is 0 Å². The summed E-state index contributed by atoms with van der Waals surface area (Å²) in [5.41, 5.74) is 2.99. The molecule has 1 aromatic carbocycles. The van der Waals surface area contributed by atoms with Gasteiger partial charge in [-0.2, -0.15) is 0 Å². The lowest BCUT2D eigenvalue weighted by atomic mass is 10.1. The average molecular weight is 226 g/mol. The van der Waals surface area contributed by atoms with Crippen LogP contribution in [0.2, 0.25) is 0 Å². The maximum absolute atomic E-state index is 3.45. The fraction of sp³-hybridized carbons (Fsp3) is 0.273. The third-order valence-corrected chi connectivity index (χ3v) is 3.64. The van der Waals surface area contributed by atoms with Crippen molar-refractivity contribution in [2.24, 2.45) is 0 Å². The molecule has 0 aliphatic carbocycles. The molecule has 2 aromatic rings. The lowest BCUT2D eigenvalue weighted by molar-refractivity contribution is 0.703. The highest BCUT2D eigenvalue weighted by Crippen LogP contribution is 2.30. The summed E-state index contributed by atoms with van der Waals surface area (Å²) in [7, 11) is 0. The molecule has 1 aliphatic rings. The van der Waals surface area contributed by atoms with Crippen molar-refractivity contribution in [2.45, 2.75) is 13.0 Å². The molecule has 3 rings (SSSR count). The largest absolute Gasteiger partial charge is 0.312 e. The zero-order chi connectivity index (χ0) is 8.67. The molecule has 0 fully saturated rings. The van der Waals surface area contributed by atoms with Gasteiger partial charge in [0.05, 0.1) is 0 Å². The zero-order valence-corrected chi connectivity index (χ0v) is 9.38. The minimum Gasteiger partial charge on any atom is -0.312 e. The number of nitrogens with one attached hydrogen (secondary N) is 1. The molecular formula is C11H12ClNS. The number of benzene rings is 1. The SMILES string of the molecule is Cl.c1cc2c3c(csc3c1)CNCC2. The van der Waals surface area contributed by atoms with Crippen LogP contribution in [0, 0.1) is 0 Å². The first-order valence-corrected chi connectivity index (χ1v) is 5.52. The Morgan fingerprint density at radius 2 is 2.14 bits per heavy atom. The van der Waals surface area contributed by atoms with Crippen molar-refractivity contribution in [3.63, 3.8) is 0 Å². The van der Waals surface area contributed by atoms with Crippen LogP contribution in [-0.2, 0) is 13.0 Å². The van der Waals surface area contributed by atoms with Crippen molar-refractivity contribution < 1.29 is 0 Å². The van der Waals surface area contributed by atoms with E-state index in [2.05, 4.69) is 28.9 Å². The summed E-state index contributed by atoms with van der Waals surface area (Å²) in [6.07, 6.45) is 1.17. The molecule has 0 atom stereocenters. The Kier molecular flexibility index (Phi) is 2.77. The standard InChI is InChI=1S/C11H11NS.ClH/c1-2-8-4-5-12-6-9-7-13-10(3-1)11(8)9;/h1-3,7,12H,4-6H2;1H. The van der Waals surface area contributed by atoms with Crippen LogP contribution in [0.4, 0.5) is 0 Å². The van der Waals surface area contributed by atoms with E-state index in [-0.39, 0.29) is 12.4 Å². The minimum absolute atomic E-state index is 0. The van der Waals surface area contributed by atoms with Gasteiger partial charge in [-0.3, -0.25) is 0 Å². The Bertz CT molecular complexity index is 449. The summed E-state index contributed by atoms with van der Waals surface area (Å²) in [5.74, 6) is 0. The van der Waals surface area contributed by atoms with Gasteiger partial charge in [-0.1, -0.05) is 12.1 Å². The van der Waals surface area contributed by atoms with Crippen LogP contribution in [0.15, 0.2) is 23.6 Å². The molecule has 1 N–H and O–H groups in total. The Morgan fingerprint density at radius 1 is 1.21 bits per heavy atom. The first kappa shape index (κ1) is 9.97. The molecule has 0 spiro atoms. The van der Waals surface area contributed by atoms with Gasteiger partial charge in [0.25, 0.3) is 0 Å². The topological polar surface area (TPSA) is 12.0 Å². The highest BCUT2D eigenvalue weighted by atomic mass is 35.5. The molecule has 1 nitrogen and oxygen atoms in total. The van der Waals surface area contributed by atoms with E-state index in [0.717, 1.165) is 13.1 Å². The van der Waals surface area contributed by atoms with Gasteiger partial charge in [0, 0.05) is 16.6 Å². The van der Waals surface area contributed by atoms with Gasteiger partial charge in [0.1, 0.15) is 0 Å². The lowest BCUT2D eigenvalue weighted by Gasteiger charge is -1.99. The summed E-state index contributed by atoms with van der Waals surface area (Å²) in [5, 5.41) is 7.24. The molecule has 1 aromatic heterocycles. The second kappa shape index (κ2) is 3.89. The summed E-state index contributed by atoms with van der Waals surface area (Å²) < 4.78 is 1.44. The maximum atomic E-state index is 3.45. The van der Waals surface area contributed by atoms with Gasteiger partial charge in [-0.05, 0) is 35.5 Å². The van der Waals surface area contributed by atoms with E-state index in [1.807, 2.05) is 11.3 Å². The lowest BCUT2D eigenvalue weighted by Crippen LogP contribution is -2.13. The molecule has 2 heterocycles. The smallest absolute Gasteiger partial charge is 0.0348 e. The normalized spacial score (nSPS) is 14.9. The van der Waals surface area contributed by atoms with E-state index in [9.17, 15) is 0 Å². The Morgan fingerprint density at radius 3 is 3.07 bits per heavy atom. The number of halogens is 1. The van der Waals surface area contributed by atoms with E-state index in [1.54, 1.807) is 0 Å². The van der Waals surface area contributed by atoms with Crippen LogP contribution in [-0.4, -0.2) is 6.54 Å². The van der Waals surface area contributed by atoms with Crippen LogP contribution in [0.25, 0.3) is 10.1 Å². The van der Waals surface area contributed by atoms with Gasteiger partial charge < -0.3 is 5.32 Å². The third-order valence-electron chi connectivity index (χ3n) is 2.65. The van der Waals surface area contributed by atoms with E-state index < -0.39 is 0 Å². The van der Waals surface area contributed by atoms with E-state index in [1.165, 1.54) is 27.6 Å². The predicted molar refractivity (Wildman–Crippen MR) is 64.5 cm³/mol. The molecule has 0 saturated carbocycles. The van der Waals surface area contributed by atoms with Crippen LogP contribution in [0.5, 0.6) is 0 Å². The Labute approximate surface area is 93.5 Å². The minimum atomic E-state index is 0. The highest BCUT2D eigenvalue weighted by Gasteiger charge is 2.10. The number of hydrogen-bond acceptors (Lipinski definition) is 2. The van der Waals surface area contributed by atoms with Crippen molar-refractivity contribution in [1.82, 2.24) is 5.32 Å². The Balaban J connectivity index is 0.000000750. The van der Waals surface area contributed by atoms with Crippen molar-refractivity contribution in [2.75, 3.05) is 6.54 Å². The first-order valence-electron chi connectivity index (χ1n) is 4.64. The summed E-state index contributed by atoms with van der Waals surface area (Å²) in [4.78, 5) is 0. The molecule has 14 heavy (non-hydrogen) atoms. The van der Waals surface area contributed by atoms with Gasteiger partial charge in [0.15, 0.2) is 0 Å². The van der Waals surface area contributed by atoms with Crippen molar-refractivity contribution >= 4 is 33.8 Å². The molecule has 0 unspecified atom stereocenters. The van der Waals surface area contributed by atoms with Crippen LogP contribution in [0.3, 0.4) is 0 Å². The van der Waals surface area contributed by atoms with E-state index in [4.69, 9.17) is 0 Å². The van der Waals surface area contributed by atoms with Gasteiger partial charge in [0.2, 0.25) is 0 Å². The molecule has 1 aliphatic heterocycles. The number of rotatable bonds is 0. The number of hydrogen-bond donors (Lipinski definition) is 1. The van der Waals surface area contributed by atoms with Crippen LogP contribution < -0.4 is 5.32 Å². The first-order chi connectivity index (χ1) is 6.45. The van der Waals surface area contributed by atoms with Crippen molar-refractivity contribution in [1.29, 1.82) is 0 Å². The molecule has 0 saturated heterocycles.